The van der Waals surface area contributed by atoms with Gasteiger partial charge in [0.05, 0.1) is 18.6 Å². The minimum absolute atomic E-state index is 0.0551. The number of hydrogen-bond acceptors (Lipinski definition) is 7. The molecule has 1 heterocycles. The lowest BCUT2D eigenvalue weighted by atomic mass is 10.1. The maximum Gasteiger partial charge on any atom is 0.221 e. The molecular formula is C18H17N5O3S. The van der Waals surface area contributed by atoms with Gasteiger partial charge in [-0.05, 0) is 40.8 Å². The van der Waals surface area contributed by atoms with E-state index in [0.29, 0.717) is 27.8 Å². The van der Waals surface area contributed by atoms with Crippen LogP contribution in [0.4, 0.5) is 5.69 Å². The van der Waals surface area contributed by atoms with Crippen LogP contribution < -0.4 is 10.1 Å². The van der Waals surface area contributed by atoms with E-state index in [1.165, 1.54) is 23.4 Å². The second-order valence-electron chi connectivity index (χ2n) is 5.55. The fourth-order valence-electron chi connectivity index (χ4n) is 2.36. The molecule has 3 aromatic rings. The summed E-state index contributed by atoms with van der Waals surface area (Å²) in [6.45, 7) is 1.44. The number of carbonyl (C=O) groups excluding carboxylic acids is 2. The highest BCUT2D eigenvalue weighted by atomic mass is 32.2. The summed E-state index contributed by atoms with van der Waals surface area (Å²) >= 11 is 1.23. The maximum absolute atomic E-state index is 12.4. The first-order chi connectivity index (χ1) is 13.1. The molecule has 2 aromatic carbocycles. The van der Waals surface area contributed by atoms with E-state index in [4.69, 9.17) is 4.74 Å². The lowest BCUT2D eigenvalue weighted by Crippen LogP contribution is -2.07. The number of thioether (sulfide) groups is 1. The number of nitrogens with one attached hydrogen (secondary N) is 1. The van der Waals surface area contributed by atoms with Crippen molar-refractivity contribution in [3.8, 4) is 11.4 Å². The Kier molecular flexibility index (Phi) is 5.82. The summed E-state index contributed by atoms with van der Waals surface area (Å²) < 4.78 is 6.67. The van der Waals surface area contributed by atoms with Crippen LogP contribution in [0.2, 0.25) is 0 Å². The van der Waals surface area contributed by atoms with Gasteiger partial charge in [0.2, 0.25) is 11.1 Å². The van der Waals surface area contributed by atoms with Crippen molar-refractivity contribution in [1.82, 2.24) is 20.2 Å². The summed E-state index contributed by atoms with van der Waals surface area (Å²) in [5.41, 5.74) is 1.88. The third kappa shape index (κ3) is 4.70. The maximum atomic E-state index is 12.4. The third-order valence-electron chi connectivity index (χ3n) is 3.58. The summed E-state index contributed by atoms with van der Waals surface area (Å²) in [6, 6.07) is 14.1. The van der Waals surface area contributed by atoms with Crippen LogP contribution in [0.3, 0.4) is 0 Å². The van der Waals surface area contributed by atoms with Crippen LogP contribution in [0, 0.1) is 0 Å². The molecule has 0 atom stereocenters. The van der Waals surface area contributed by atoms with Crippen LogP contribution in [0.25, 0.3) is 5.69 Å². The second kappa shape index (κ2) is 8.45. The molecule has 0 unspecified atom stereocenters. The average Bonchev–Trinajstić information content (AvgIpc) is 3.14. The van der Waals surface area contributed by atoms with Gasteiger partial charge in [-0.1, -0.05) is 30.0 Å². The first kappa shape index (κ1) is 18.6. The van der Waals surface area contributed by atoms with Crippen LogP contribution >= 0.6 is 11.8 Å². The van der Waals surface area contributed by atoms with Crippen LogP contribution in [0.15, 0.2) is 53.7 Å². The Morgan fingerprint density at radius 3 is 2.78 bits per heavy atom. The molecule has 9 heteroatoms. The van der Waals surface area contributed by atoms with Crippen molar-refractivity contribution in [2.75, 3.05) is 18.2 Å². The minimum Gasteiger partial charge on any atom is -0.497 e. The number of benzene rings is 2. The number of Topliss-reactive ketones (excluding diaryl/α,β-unsaturated/α-hetero) is 1. The zero-order valence-corrected chi connectivity index (χ0v) is 15.6. The van der Waals surface area contributed by atoms with Gasteiger partial charge in [-0.25, -0.2) is 0 Å². The standard InChI is InChI=1S/C18H17N5O3S/c1-12(24)19-14-6-4-7-15(10-14)23-18(20-21-22-23)27-11-17(25)13-5-3-8-16(9-13)26-2/h3-10H,11H2,1-2H3,(H,19,24). The van der Waals surface area contributed by atoms with E-state index >= 15 is 0 Å². The van der Waals surface area contributed by atoms with Gasteiger partial charge in [-0.15, -0.1) is 5.10 Å². The number of amides is 1. The summed E-state index contributed by atoms with van der Waals surface area (Å²) in [6.07, 6.45) is 0. The van der Waals surface area contributed by atoms with E-state index in [0.717, 1.165) is 0 Å². The highest BCUT2D eigenvalue weighted by Gasteiger charge is 2.14. The molecule has 0 saturated carbocycles. The van der Waals surface area contributed by atoms with Crippen LogP contribution in [0.5, 0.6) is 5.75 Å². The lowest BCUT2D eigenvalue weighted by Gasteiger charge is -2.07. The largest absolute Gasteiger partial charge is 0.497 e. The van der Waals surface area contributed by atoms with Crippen LogP contribution in [-0.4, -0.2) is 44.8 Å². The van der Waals surface area contributed by atoms with Gasteiger partial charge in [0.15, 0.2) is 5.78 Å². The van der Waals surface area contributed by atoms with Gasteiger partial charge in [-0.2, -0.15) is 4.68 Å². The van der Waals surface area contributed by atoms with Crippen molar-refractivity contribution in [2.45, 2.75) is 12.1 Å². The molecule has 1 N–H and O–H groups in total. The predicted octanol–water partition coefficient (Wildman–Crippen LogP) is 2.60. The monoisotopic (exact) mass is 383 g/mol. The van der Waals surface area contributed by atoms with Gasteiger partial charge in [-0.3, -0.25) is 9.59 Å². The third-order valence-corrected chi connectivity index (χ3v) is 4.50. The molecule has 8 nitrogen and oxygen atoms in total. The average molecular weight is 383 g/mol. The van der Waals surface area contributed by atoms with Gasteiger partial charge < -0.3 is 10.1 Å². The number of tetrazole rings is 1. The number of hydrogen-bond donors (Lipinski definition) is 1. The van der Waals surface area contributed by atoms with Crippen molar-refractivity contribution in [3.63, 3.8) is 0 Å². The molecular weight excluding hydrogens is 366 g/mol. The Morgan fingerprint density at radius 1 is 1.19 bits per heavy atom. The van der Waals surface area contributed by atoms with E-state index in [1.54, 1.807) is 49.6 Å². The summed E-state index contributed by atoms with van der Waals surface area (Å²) in [5.74, 6) is 0.590. The number of nitrogens with zero attached hydrogens (tertiary/aromatic N) is 4. The number of aromatic nitrogens is 4. The second-order valence-corrected chi connectivity index (χ2v) is 6.49. The van der Waals surface area contributed by atoms with Crippen LogP contribution in [0.1, 0.15) is 17.3 Å². The van der Waals surface area contributed by atoms with Gasteiger partial charge in [0.25, 0.3) is 0 Å². The Morgan fingerprint density at radius 2 is 2.00 bits per heavy atom. The highest BCUT2D eigenvalue weighted by molar-refractivity contribution is 7.99. The van der Waals surface area contributed by atoms with Crippen molar-refractivity contribution in [2.24, 2.45) is 0 Å². The molecule has 1 amide bonds. The molecule has 27 heavy (non-hydrogen) atoms. The molecule has 0 aliphatic rings. The van der Waals surface area contributed by atoms with E-state index in [2.05, 4.69) is 20.8 Å². The first-order valence-corrected chi connectivity index (χ1v) is 9.02. The molecule has 138 valence electrons. The number of carbonyl (C=O) groups is 2. The number of anilines is 1. The number of ether oxygens (including phenoxy) is 1. The van der Waals surface area contributed by atoms with Crippen molar-refractivity contribution in [3.05, 3.63) is 54.1 Å². The smallest absolute Gasteiger partial charge is 0.221 e. The Balaban J connectivity index is 1.74. The summed E-state index contributed by atoms with van der Waals surface area (Å²) in [4.78, 5) is 23.7. The van der Waals surface area contributed by atoms with Gasteiger partial charge in [0.1, 0.15) is 5.75 Å². The number of methoxy groups -OCH3 is 1. The van der Waals surface area contributed by atoms with Crippen molar-refractivity contribution >= 4 is 29.1 Å². The predicted molar refractivity (Wildman–Crippen MR) is 102 cm³/mol. The van der Waals surface area contributed by atoms with E-state index < -0.39 is 0 Å². The zero-order chi connectivity index (χ0) is 19.2. The fourth-order valence-corrected chi connectivity index (χ4v) is 3.14. The van der Waals surface area contributed by atoms with E-state index in [9.17, 15) is 9.59 Å². The normalized spacial score (nSPS) is 10.4. The highest BCUT2D eigenvalue weighted by Crippen LogP contribution is 2.22. The van der Waals surface area contributed by atoms with E-state index in [-0.39, 0.29) is 17.4 Å². The molecule has 0 radical (unpaired) electrons. The van der Waals surface area contributed by atoms with E-state index in [1.807, 2.05) is 6.07 Å². The summed E-state index contributed by atoms with van der Waals surface area (Å²) in [7, 11) is 1.56. The summed E-state index contributed by atoms with van der Waals surface area (Å²) in [5, 5.41) is 14.8. The zero-order valence-electron chi connectivity index (χ0n) is 14.7. The molecule has 0 bridgehead atoms. The SMILES string of the molecule is COc1cccc(C(=O)CSc2nnnn2-c2cccc(NC(C)=O)c2)c1. The minimum atomic E-state index is -0.164. The molecule has 1 aromatic heterocycles. The molecule has 0 aliphatic heterocycles. The Hall–Kier alpha value is -3.20. The topological polar surface area (TPSA) is 99.0 Å². The first-order valence-electron chi connectivity index (χ1n) is 8.03. The Labute approximate surface area is 159 Å². The molecule has 0 spiro atoms. The number of rotatable bonds is 7. The van der Waals surface area contributed by atoms with Crippen molar-refractivity contribution in [1.29, 1.82) is 0 Å². The molecule has 3 rings (SSSR count). The van der Waals surface area contributed by atoms with Crippen LogP contribution in [-0.2, 0) is 4.79 Å². The lowest BCUT2D eigenvalue weighted by molar-refractivity contribution is -0.114. The fraction of sp³-hybridized carbons (Fsp3) is 0.167. The number of ketones is 1. The Bertz CT molecular complexity index is 973. The van der Waals surface area contributed by atoms with Gasteiger partial charge >= 0.3 is 0 Å². The van der Waals surface area contributed by atoms with Gasteiger partial charge in [0, 0.05) is 18.2 Å². The molecule has 0 aliphatic carbocycles. The molecule has 0 fully saturated rings. The quantitative estimate of drug-likeness (QED) is 0.494. The van der Waals surface area contributed by atoms with Crippen molar-refractivity contribution < 1.29 is 14.3 Å². The molecule has 0 saturated heterocycles.